The monoisotopic (exact) mass is 342 g/mol. The van der Waals surface area contributed by atoms with Gasteiger partial charge in [-0.15, -0.1) is 11.8 Å². The van der Waals surface area contributed by atoms with Gasteiger partial charge in [0.1, 0.15) is 0 Å². The third-order valence-electron chi connectivity index (χ3n) is 2.81. The molecular formula is C9H16Br2N2S. The van der Waals surface area contributed by atoms with Crippen molar-refractivity contribution in [2.75, 3.05) is 25.0 Å². The number of rotatable bonds is 2. The van der Waals surface area contributed by atoms with E-state index in [0.29, 0.717) is 5.25 Å². The highest BCUT2D eigenvalue weighted by atomic mass is 79.9. The summed E-state index contributed by atoms with van der Waals surface area (Å²) in [5.41, 5.74) is 0. The van der Waals surface area contributed by atoms with E-state index >= 15 is 0 Å². The van der Waals surface area contributed by atoms with E-state index in [1.807, 2.05) is 11.8 Å². The number of hydrogen-bond acceptors (Lipinski definition) is 3. The Balaban J connectivity index is 1.94. The van der Waals surface area contributed by atoms with Crippen LogP contribution in [-0.2, 0) is 0 Å². The van der Waals surface area contributed by atoms with Crippen LogP contribution < -0.4 is 5.32 Å². The van der Waals surface area contributed by atoms with Crippen LogP contribution in [0.25, 0.3) is 0 Å². The van der Waals surface area contributed by atoms with E-state index < -0.39 is 0 Å². The van der Waals surface area contributed by atoms with Crippen LogP contribution in [0.5, 0.6) is 0 Å². The predicted molar refractivity (Wildman–Crippen MR) is 70.3 cm³/mol. The molecular weight excluding hydrogens is 328 g/mol. The van der Waals surface area contributed by atoms with Crippen molar-refractivity contribution < 1.29 is 0 Å². The van der Waals surface area contributed by atoms with Crippen molar-refractivity contribution >= 4 is 43.6 Å². The zero-order chi connectivity index (χ0) is 10.0. The summed E-state index contributed by atoms with van der Waals surface area (Å²) in [5.74, 6) is 0. The van der Waals surface area contributed by atoms with Gasteiger partial charge in [-0.25, -0.2) is 0 Å². The Morgan fingerprint density at radius 1 is 1.36 bits per heavy atom. The lowest BCUT2D eigenvalue weighted by Crippen LogP contribution is -2.50. The van der Waals surface area contributed by atoms with Crippen molar-refractivity contribution in [3.8, 4) is 0 Å². The van der Waals surface area contributed by atoms with Crippen molar-refractivity contribution in [2.24, 2.45) is 0 Å². The molecule has 5 heteroatoms. The number of alkyl halides is 2. The second-order valence-electron chi connectivity index (χ2n) is 3.88. The standard InChI is InChI=1S/C9H16Br2N2S/c10-6-8-7-12-9(11,14-8)13-4-2-1-3-5-13/h8,12H,1-7H2/t8-,9+/m1/s1. The van der Waals surface area contributed by atoms with E-state index in [0.717, 1.165) is 11.9 Å². The lowest BCUT2D eigenvalue weighted by Gasteiger charge is -2.38. The maximum absolute atomic E-state index is 3.85. The van der Waals surface area contributed by atoms with Gasteiger partial charge in [0.2, 0.25) is 0 Å². The van der Waals surface area contributed by atoms with Gasteiger partial charge >= 0.3 is 0 Å². The van der Waals surface area contributed by atoms with E-state index in [2.05, 4.69) is 42.1 Å². The number of nitrogens with zero attached hydrogens (tertiary/aromatic N) is 1. The maximum Gasteiger partial charge on any atom is 0.177 e. The molecule has 2 nitrogen and oxygen atoms in total. The normalized spacial score (nSPS) is 40.3. The molecule has 0 bridgehead atoms. The van der Waals surface area contributed by atoms with E-state index in [-0.39, 0.29) is 3.90 Å². The Morgan fingerprint density at radius 2 is 2.07 bits per heavy atom. The van der Waals surface area contributed by atoms with Crippen LogP contribution in [0.2, 0.25) is 0 Å². The first kappa shape index (κ1) is 11.7. The third kappa shape index (κ3) is 2.48. The Hall–Kier alpha value is 1.23. The van der Waals surface area contributed by atoms with Crippen LogP contribution in [-0.4, -0.2) is 39.0 Å². The van der Waals surface area contributed by atoms with Gasteiger partial charge in [-0.2, -0.15) is 0 Å². The molecule has 0 amide bonds. The molecule has 2 aliphatic rings. The molecule has 2 fully saturated rings. The number of thioether (sulfide) groups is 1. The Labute approximate surface area is 107 Å². The predicted octanol–water partition coefficient (Wildman–Crippen LogP) is 2.58. The lowest BCUT2D eigenvalue weighted by atomic mass is 10.1. The molecule has 0 radical (unpaired) electrons. The molecule has 14 heavy (non-hydrogen) atoms. The molecule has 2 heterocycles. The van der Waals surface area contributed by atoms with Crippen molar-refractivity contribution in [2.45, 2.75) is 28.4 Å². The summed E-state index contributed by atoms with van der Waals surface area (Å²) in [6, 6.07) is 0. The maximum atomic E-state index is 3.85. The van der Waals surface area contributed by atoms with Crippen LogP contribution in [0.4, 0.5) is 0 Å². The van der Waals surface area contributed by atoms with Crippen LogP contribution in [0.1, 0.15) is 19.3 Å². The summed E-state index contributed by atoms with van der Waals surface area (Å²) >= 11 is 9.40. The number of nitrogens with one attached hydrogen (secondary N) is 1. The Bertz CT molecular complexity index is 199. The minimum atomic E-state index is 0.0197. The van der Waals surface area contributed by atoms with Gasteiger partial charge in [0.25, 0.3) is 0 Å². The molecule has 2 aliphatic heterocycles. The first-order valence-electron chi connectivity index (χ1n) is 5.17. The highest BCUT2D eigenvalue weighted by Crippen LogP contribution is 2.42. The average Bonchev–Trinajstić information content (AvgIpc) is 2.63. The molecule has 2 rings (SSSR count). The SMILES string of the molecule is BrC[C@@H]1CN[C@@](Br)(N2CCCCC2)S1. The van der Waals surface area contributed by atoms with Gasteiger partial charge in [-0.1, -0.05) is 22.4 Å². The lowest BCUT2D eigenvalue weighted by molar-refractivity contribution is 0.182. The molecule has 2 atom stereocenters. The minimum Gasteiger partial charge on any atom is -0.280 e. The number of piperidine rings is 1. The van der Waals surface area contributed by atoms with Gasteiger partial charge in [-0.05, 0) is 28.8 Å². The Morgan fingerprint density at radius 3 is 2.64 bits per heavy atom. The van der Waals surface area contributed by atoms with Gasteiger partial charge in [-0.3, -0.25) is 10.2 Å². The number of likely N-dealkylation sites (tertiary alicyclic amines) is 1. The summed E-state index contributed by atoms with van der Waals surface area (Å²) in [5, 5.41) is 5.35. The second kappa shape index (κ2) is 5.04. The van der Waals surface area contributed by atoms with E-state index in [4.69, 9.17) is 0 Å². The van der Waals surface area contributed by atoms with Gasteiger partial charge in [0.05, 0.1) is 0 Å². The summed E-state index contributed by atoms with van der Waals surface area (Å²) in [4.78, 5) is 2.53. The molecule has 82 valence electrons. The van der Waals surface area contributed by atoms with E-state index in [9.17, 15) is 0 Å². The molecule has 0 spiro atoms. The largest absolute Gasteiger partial charge is 0.280 e. The highest BCUT2D eigenvalue weighted by Gasteiger charge is 2.42. The zero-order valence-electron chi connectivity index (χ0n) is 8.14. The van der Waals surface area contributed by atoms with Crippen LogP contribution in [0.3, 0.4) is 0 Å². The quantitative estimate of drug-likeness (QED) is 0.612. The van der Waals surface area contributed by atoms with Crippen molar-refractivity contribution in [3.63, 3.8) is 0 Å². The first-order chi connectivity index (χ1) is 6.74. The highest BCUT2D eigenvalue weighted by molar-refractivity contribution is 9.12. The van der Waals surface area contributed by atoms with Gasteiger partial charge in [0.15, 0.2) is 3.90 Å². The molecule has 2 saturated heterocycles. The van der Waals surface area contributed by atoms with Crippen molar-refractivity contribution in [3.05, 3.63) is 0 Å². The molecule has 0 saturated carbocycles. The minimum absolute atomic E-state index is 0.0197. The molecule has 1 N–H and O–H groups in total. The molecule has 0 aromatic heterocycles. The second-order valence-corrected chi connectivity index (χ2v) is 7.70. The first-order valence-corrected chi connectivity index (χ1v) is 7.97. The Kier molecular flexibility index (Phi) is 4.21. The van der Waals surface area contributed by atoms with Gasteiger partial charge in [0, 0.05) is 30.2 Å². The zero-order valence-corrected chi connectivity index (χ0v) is 12.1. The van der Waals surface area contributed by atoms with Crippen molar-refractivity contribution in [1.82, 2.24) is 10.2 Å². The van der Waals surface area contributed by atoms with Gasteiger partial charge < -0.3 is 0 Å². The number of hydrogen-bond donors (Lipinski definition) is 1. The van der Waals surface area contributed by atoms with E-state index in [1.165, 1.54) is 32.4 Å². The smallest absolute Gasteiger partial charge is 0.177 e. The van der Waals surface area contributed by atoms with Crippen LogP contribution in [0, 0.1) is 0 Å². The summed E-state index contributed by atoms with van der Waals surface area (Å²) < 4.78 is 0.0197. The summed E-state index contributed by atoms with van der Waals surface area (Å²) in [6.45, 7) is 3.54. The fraction of sp³-hybridized carbons (Fsp3) is 1.00. The summed E-state index contributed by atoms with van der Waals surface area (Å²) in [7, 11) is 0. The molecule has 0 aliphatic carbocycles. The number of halogens is 2. The fourth-order valence-electron chi connectivity index (χ4n) is 2.00. The third-order valence-corrected chi connectivity index (χ3v) is 6.74. The fourth-order valence-corrected chi connectivity index (χ4v) is 5.10. The molecule has 0 aromatic carbocycles. The van der Waals surface area contributed by atoms with Crippen molar-refractivity contribution in [1.29, 1.82) is 0 Å². The van der Waals surface area contributed by atoms with Crippen LogP contribution >= 0.6 is 43.6 Å². The average molecular weight is 344 g/mol. The topological polar surface area (TPSA) is 15.3 Å². The molecule has 0 aromatic rings. The molecule has 0 unspecified atom stereocenters. The van der Waals surface area contributed by atoms with E-state index in [1.54, 1.807) is 0 Å². The summed E-state index contributed by atoms with van der Waals surface area (Å²) in [6.07, 6.45) is 4.08. The van der Waals surface area contributed by atoms with Crippen LogP contribution in [0.15, 0.2) is 0 Å².